The van der Waals surface area contributed by atoms with Gasteiger partial charge in [-0.3, -0.25) is 9.78 Å². The average Bonchev–Trinajstić information content (AvgIpc) is 2.53. The van der Waals surface area contributed by atoms with Crippen molar-refractivity contribution in [1.82, 2.24) is 10.3 Å². The monoisotopic (exact) mass is 427 g/mol. The van der Waals surface area contributed by atoms with Crippen LogP contribution in [0.3, 0.4) is 0 Å². The first-order chi connectivity index (χ1) is 12.2. The zero-order chi connectivity index (χ0) is 19.3. The van der Waals surface area contributed by atoms with E-state index < -0.39 is 12.1 Å². The molecule has 1 heterocycles. The summed E-state index contributed by atoms with van der Waals surface area (Å²) in [5.74, 6) is -0.194. The summed E-state index contributed by atoms with van der Waals surface area (Å²) in [6.07, 6.45) is 1.65. The fourth-order valence-electron chi connectivity index (χ4n) is 2.81. The quantitative estimate of drug-likeness (QED) is 0.659. The zero-order valence-corrected chi connectivity index (χ0v) is 18.4. The molecule has 0 unspecified atom stereocenters. The smallest absolute Gasteiger partial charge is 0.253 e. The van der Waals surface area contributed by atoms with Crippen LogP contribution in [0.25, 0.3) is 0 Å². The summed E-state index contributed by atoms with van der Waals surface area (Å²) in [5, 5.41) is 13.5. The molecule has 156 valence electrons. The van der Waals surface area contributed by atoms with E-state index >= 15 is 0 Å². The number of aliphatic hydroxyl groups is 1. The van der Waals surface area contributed by atoms with Crippen molar-refractivity contribution in [3.05, 3.63) is 65.0 Å². The number of nitrogens with two attached hydrogens (primary N) is 1. The Morgan fingerprint density at radius 1 is 1.18 bits per heavy atom. The van der Waals surface area contributed by atoms with Crippen LogP contribution in [0.1, 0.15) is 48.0 Å². The minimum Gasteiger partial charge on any atom is -0.391 e. The SMILES string of the molecule is Cc1cccc(C[C@@H](N)[C@@H](O)Cc2ncccc2C(=O)NC(C)(C)C)c1.Cl.Cl. The van der Waals surface area contributed by atoms with Crippen molar-refractivity contribution in [1.29, 1.82) is 0 Å². The topological polar surface area (TPSA) is 88.2 Å². The second-order valence-electron chi connectivity index (χ2n) is 7.83. The van der Waals surface area contributed by atoms with E-state index in [1.165, 1.54) is 0 Å². The molecule has 0 saturated carbocycles. The van der Waals surface area contributed by atoms with Crippen LogP contribution in [0.2, 0.25) is 0 Å². The van der Waals surface area contributed by atoms with Crippen LogP contribution in [-0.4, -0.2) is 33.7 Å². The molecule has 7 heteroatoms. The number of hydrogen-bond donors (Lipinski definition) is 3. The van der Waals surface area contributed by atoms with E-state index in [1.807, 2.05) is 45.9 Å². The largest absolute Gasteiger partial charge is 0.391 e. The van der Waals surface area contributed by atoms with E-state index in [2.05, 4.69) is 16.4 Å². The molecule has 0 aliphatic carbocycles. The molecular formula is C21H31Cl2N3O2. The minimum absolute atomic E-state index is 0. The van der Waals surface area contributed by atoms with Crippen molar-refractivity contribution >= 4 is 30.7 Å². The van der Waals surface area contributed by atoms with Gasteiger partial charge in [0.05, 0.1) is 17.4 Å². The number of amides is 1. The molecule has 5 nitrogen and oxygen atoms in total. The van der Waals surface area contributed by atoms with E-state index in [9.17, 15) is 9.90 Å². The van der Waals surface area contributed by atoms with Gasteiger partial charge in [-0.25, -0.2) is 0 Å². The van der Waals surface area contributed by atoms with Gasteiger partial charge in [-0.2, -0.15) is 0 Å². The van der Waals surface area contributed by atoms with Gasteiger partial charge >= 0.3 is 0 Å². The Balaban J connectivity index is 0.00000364. The Kier molecular flexibility index (Phi) is 10.7. The van der Waals surface area contributed by atoms with Gasteiger partial charge < -0.3 is 16.2 Å². The first-order valence-electron chi connectivity index (χ1n) is 8.91. The van der Waals surface area contributed by atoms with E-state index in [4.69, 9.17) is 5.73 Å². The van der Waals surface area contributed by atoms with Crippen molar-refractivity contribution in [3.8, 4) is 0 Å². The molecule has 2 aromatic rings. The third-order valence-electron chi connectivity index (χ3n) is 4.07. The average molecular weight is 428 g/mol. The number of carbonyl (C=O) groups is 1. The van der Waals surface area contributed by atoms with Crippen molar-refractivity contribution < 1.29 is 9.90 Å². The summed E-state index contributed by atoms with van der Waals surface area (Å²) < 4.78 is 0. The Hall–Kier alpha value is -1.66. The normalized spacial score (nSPS) is 12.9. The van der Waals surface area contributed by atoms with Crippen LogP contribution in [0, 0.1) is 6.92 Å². The molecule has 0 aliphatic rings. The molecule has 0 radical (unpaired) electrons. The maximum Gasteiger partial charge on any atom is 0.253 e. The van der Waals surface area contributed by atoms with Crippen molar-refractivity contribution in [2.45, 2.75) is 58.2 Å². The van der Waals surface area contributed by atoms with E-state index in [-0.39, 0.29) is 42.7 Å². The van der Waals surface area contributed by atoms with Crippen LogP contribution in [-0.2, 0) is 12.8 Å². The van der Waals surface area contributed by atoms with Crippen LogP contribution < -0.4 is 11.1 Å². The Labute approximate surface area is 180 Å². The van der Waals surface area contributed by atoms with Gasteiger partial charge in [0.15, 0.2) is 0 Å². The number of carbonyl (C=O) groups excluding carboxylic acids is 1. The van der Waals surface area contributed by atoms with Gasteiger partial charge in [-0.15, -0.1) is 24.8 Å². The molecular weight excluding hydrogens is 397 g/mol. The molecule has 28 heavy (non-hydrogen) atoms. The van der Waals surface area contributed by atoms with E-state index in [0.29, 0.717) is 17.7 Å². The number of nitrogens with one attached hydrogen (secondary N) is 1. The summed E-state index contributed by atoms with van der Waals surface area (Å²) in [5.41, 5.74) is 9.14. The summed E-state index contributed by atoms with van der Waals surface area (Å²) in [7, 11) is 0. The first kappa shape index (κ1) is 26.3. The molecule has 2 atom stereocenters. The first-order valence-corrected chi connectivity index (χ1v) is 8.91. The predicted molar refractivity (Wildman–Crippen MR) is 119 cm³/mol. The molecule has 0 aliphatic heterocycles. The highest BCUT2D eigenvalue weighted by molar-refractivity contribution is 5.95. The Bertz CT molecular complexity index is 763. The number of aryl methyl sites for hydroxylation is 1. The van der Waals surface area contributed by atoms with Crippen molar-refractivity contribution in [2.24, 2.45) is 5.73 Å². The molecule has 0 bridgehead atoms. The lowest BCUT2D eigenvalue weighted by Crippen LogP contribution is -2.42. The third-order valence-corrected chi connectivity index (χ3v) is 4.07. The second-order valence-corrected chi connectivity index (χ2v) is 7.83. The fraction of sp³-hybridized carbons (Fsp3) is 0.429. The van der Waals surface area contributed by atoms with Gasteiger partial charge in [0.25, 0.3) is 5.91 Å². The Morgan fingerprint density at radius 3 is 2.46 bits per heavy atom. The number of pyridine rings is 1. The number of aromatic nitrogens is 1. The maximum atomic E-state index is 12.5. The standard InChI is InChI=1S/C21H29N3O2.2ClH/c1-14-7-5-8-15(11-14)12-17(22)19(25)13-18-16(9-6-10-23-18)20(26)24-21(2,3)4;;/h5-11,17,19,25H,12-13,22H2,1-4H3,(H,24,26);2*1H/t17-,19+;;/m1../s1. The maximum absolute atomic E-state index is 12.5. The molecule has 4 N–H and O–H groups in total. The molecule has 0 spiro atoms. The van der Waals surface area contributed by atoms with Gasteiger partial charge in [0.2, 0.25) is 0 Å². The third kappa shape index (κ3) is 8.15. The van der Waals surface area contributed by atoms with E-state index in [0.717, 1.165) is 11.1 Å². The lowest BCUT2D eigenvalue weighted by Gasteiger charge is -2.23. The van der Waals surface area contributed by atoms with Gasteiger partial charge in [0.1, 0.15) is 0 Å². The summed E-state index contributed by atoms with van der Waals surface area (Å²) in [6, 6.07) is 11.1. The fourth-order valence-corrected chi connectivity index (χ4v) is 2.81. The number of benzene rings is 1. The molecule has 0 fully saturated rings. The second kappa shape index (κ2) is 11.4. The highest BCUT2D eigenvalue weighted by atomic mass is 35.5. The summed E-state index contributed by atoms with van der Waals surface area (Å²) in [4.78, 5) is 16.8. The van der Waals surface area contributed by atoms with Crippen LogP contribution >= 0.6 is 24.8 Å². The van der Waals surface area contributed by atoms with E-state index in [1.54, 1.807) is 18.3 Å². The van der Waals surface area contributed by atoms with Crippen molar-refractivity contribution in [3.63, 3.8) is 0 Å². The molecule has 1 aromatic carbocycles. The Morgan fingerprint density at radius 2 is 1.86 bits per heavy atom. The molecule has 1 amide bonds. The zero-order valence-electron chi connectivity index (χ0n) is 16.8. The molecule has 0 saturated heterocycles. The summed E-state index contributed by atoms with van der Waals surface area (Å²) in [6.45, 7) is 7.80. The van der Waals surface area contributed by atoms with Gasteiger partial charge in [-0.1, -0.05) is 29.8 Å². The van der Waals surface area contributed by atoms with Crippen LogP contribution in [0.15, 0.2) is 42.6 Å². The van der Waals surface area contributed by atoms with Crippen molar-refractivity contribution in [2.75, 3.05) is 0 Å². The van der Waals surface area contributed by atoms with Crippen LogP contribution in [0.4, 0.5) is 0 Å². The number of halogens is 2. The summed E-state index contributed by atoms with van der Waals surface area (Å²) >= 11 is 0. The predicted octanol–water partition coefficient (Wildman–Crippen LogP) is 3.24. The van der Waals surface area contributed by atoms with Crippen LogP contribution in [0.5, 0.6) is 0 Å². The molecule has 1 aromatic heterocycles. The van der Waals surface area contributed by atoms with Gasteiger partial charge in [0, 0.05) is 24.2 Å². The highest BCUT2D eigenvalue weighted by Crippen LogP contribution is 2.14. The molecule has 2 rings (SSSR count). The number of nitrogens with zero attached hydrogens (tertiary/aromatic N) is 1. The highest BCUT2D eigenvalue weighted by Gasteiger charge is 2.22. The number of hydrogen-bond acceptors (Lipinski definition) is 4. The number of aliphatic hydroxyl groups excluding tert-OH is 1. The minimum atomic E-state index is -0.786. The lowest BCUT2D eigenvalue weighted by atomic mass is 9.96. The van der Waals surface area contributed by atoms with Gasteiger partial charge in [-0.05, 0) is 51.8 Å². The number of rotatable bonds is 6. The lowest BCUT2D eigenvalue weighted by molar-refractivity contribution is 0.0916.